The highest BCUT2D eigenvalue weighted by Crippen LogP contribution is 2.41. The number of halogens is 3. The number of benzene rings is 1. The van der Waals surface area contributed by atoms with Crippen molar-refractivity contribution < 1.29 is 22.7 Å². The Morgan fingerprint density at radius 2 is 2.00 bits per heavy atom. The van der Waals surface area contributed by atoms with Crippen LogP contribution in [0.2, 0.25) is 0 Å². The molecular weight excluding hydrogens is 357 g/mol. The summed E-state index contributed by atoms with van der Waals surface area (Å²) in [5.74, 6) is 0.518. The molecule has 4 nitrogen and oxygen atoms in total. The first-order chi connectivity index (χ1) is 12.8. The largest absolute Gasteiger partial charge is 0.393 e. The van der Waals surface area contributed by atoms with Crippen LogP contribution < -0.4 is 5.32 Å². The Labute approximate surface area is 157 Å². The van der Waals surface area contributed by atoms with Gasteiger partial charge in [-0.15, -0.1) is 0 Å². The zero-order valence-electron chi connectivity index (χ0n) is 15.2. The van der Waals surface area contributed by atoms with Crippen molar-refractivity contribution in [2.75, 3.05) is 26.4 Å². The molecule has 0 radical (unpaired) electrons. The smallest absolute Gasteiger partial charge is 0.364 e. The van der Waals surface area contributed by atoms with Crippen LogP contribution in [0.1, 0.15) is 42.7 Å². The third-order valence-electron chi connectivity index (χ3n) is 6.18. The number of piperidine rings is 1. The van der Waals surface area contributed by atoms with E-state index in [1.54, 1.807) is 12.1 Å². The molecule has 1 N–H and O–H groups in total. The number of ether oxygens (including phenoxy) is 1. The van der Waals surface area contributed by atoms with Gasteiger partial charge in [0.1, 0.15) is 0 Å². The Balaban J connectivity index is 1.30. The average molecular weight is 382 g/mol. The van der Waals surface area contributed by atoms with Gasteiger partial charge in [-0.3, -0.25) is 10.1 Å². The Morgan fingerprint density at radius 1 is 1.26 bits per heavy atom. The summed E-state index contributed by atoms with van der Waals surface area (Å²) in [6.07, 6.45) is -1.79. The molecule has 2 saturated heterocycles. The molecule has 1 aromatic rings. The van der Waals surface area contributed by atoms with Crippen LogP contribution in [-0.2, 0) is 16.0 Å². The molecule has 0 unspecified atom stereocenters. The second-order valence-electron chi connectivity index (χ2n) is 8.19. The first-order valence-electron chi connectivity index (χ1n) is 9.61. The van der Waals surface area contributed by atoms with E-state index in [1.165, 1.54) is 6.07 Å². The maximum absolute atomic E-state index is 12.7. The summed E-state index contributed by atoms with van der Waals surface area (Å²) in [4.78, 5) is 14.6. The Hall–Kier alpha value is -1.60. The van der Waals surface area contributed by atoms with Crippen molar-refractivity contribution in [2.24, 2.45) is 5.92 Å². The molecule has 3 aliphatic rings. The van der Waals surface area contributed by atoms with Crippen molar-refractivity contribution in [3.8, 4) is 0 Å². The standard InChI is InChI=1S/C20H25F3N2O2/c21-20(22,23)9-14-2-1-3-16(8-14)15-4-6-25(7-5-15)18(26)17-10-19(11-17)12-27-13-24-19/h1-3,8,15,17,24H,4-7,9-13H2/t17-,19+. The van der Waals surface area contributed by atoms with E-state index >= 15 is 0 Å². The number of nitrogens with one attached hydrogen (secondary N) is 1. The molecule has 148 valence electrons. The quantitative estimate of drug-likeness (QED) is 0.873. The summed E-state index contributed by atoms with van der Waals surface area (Å²) >= 11 is 0. The minimum atomic E-state index is -4.19. The second kappa shape index (κ2) is 7.09. The number of amides is 1. The monoisotopic (exact) mass is 382 g/mol. The lowest BCUT2D eigenvalue weighted by Gasteiger charge is -2.45. The van der Waals surface area contributed by atoms with Crippen molar-refractivity contribution in [1.29, 1.82) is 0 Å². The minimum absolute atomic E-state index is 0.0115. The second-order valence-corrected chi connectivity index (χ2v) is 8.19. The van der Waals surface area contributed by atoms with Crippen LogP contribution in [0.5, 0.6) is 0 Å². The zero-order valence-corrected chi connectivity index (χ0v) is 15.2. The molecule has 2 aliphatic heterocycles. The van der Waals surface area contributed by atoms with Gasteiger partial charge in [0.05, 0.1) is 19.8 Å². The van der Waals surface area contributed by atoms with Gasteiger partial charge in [0, 0.05) is 24.5 Å². The topological polar surface area (TPSA) is 41.6 Å². The summed E-state index contributed by atoms with van der Waals surface area (Å²) < 4.78 is 43.2. The number of alkyl halides is 3. The first-order valence-corrected chi connectivity index (χ1v) is 9.61. The molecule has 7 heteroatoms. The molecule has 3 fully saturated rings. The van der Waals surface area contributed by atoms with Crippen LogP contribution in [0.3, 0.4) is 0 Å². The fourth-order valence-electron chi connectivity index (χ4n) is 4.70. The fourth-order valence-corrected chi connectivity index (χ4v) is 4.70. The van der Waals surface area contributed by atoms with Crippen molar-refractivity contribution in [2.45, 2.75) is 49.7 Å². The van der Waals surface area contributed by atoms with Gasteiger partial charge < -0.3 is 9.64 Å². The lowest BCUT2D eigenvalue weighted by Crippen LogP contribution is -2.58. The number of hydrogen-bond acceptors (Lipinski definition) is 3. The normalized spacial score (nSPS) is 29.1. The average Bonchev–Trinajstić information content (AvgIpc) is 3.09. The van der Waals surface area contributed by atoms with Gasteiger partial charge in [-0.2, -0.15) is 13.2 Å². The first kappa shape index (κ1) is 18.7. The number of nitrogens with zero attached hydrogens (tertiary/aromatic N) is 1. The van der Waals surface area contributed by atoms with E-state index in [0.29, 0.717) is 32.0 Å². The van der Waals surface area contributed by atoms with Gasteiger partial charge >= 0.3 is 6.18 Å². The molecule has 1 aliphatic carbocycles. The molecular formula is C20H25F3N2O2. The minimum Gasteiger partial charge on any atom is -0.364 e. The number of hydrogen-bond donors (Lipinski definition) is 1. The summed E-state index contributed by atoms with van der Waals surface area (Å²) in [6, 6.07) is 6.82. The molecule has 2 heterocycles. The number of likely N-dealkylation sites (tertiary alicyclic amines) is 1. The van der Waals surface area contributed by atoms with E-state index in [0.717, 1.165) is 31.2 Å². The third-order valence-corrected chi connectivity index (χ3v) is 6.18. The van der Waals surface area contributed by atoms with E-state index < -0.39 is 12.6 Å². The molecule has 27 heavy (non-hydrogen) atoms. The highest BCUT2D eigenvalue weighted by Gasteiger charge is 2.50. The van der Waals surface area contributed by atoms with Gasteiger partial charge in [0.15, 0.2) is 0 Å². The third kappa shape index (κ3) is 4.14. The van der Waals surface area contributed by atoms with Gasteiger partial charge in [-0.05, 0) is 42.7 Å². The summed E-state index contributed by atoms with van der Waals surface area (Å²) in [7, 11) is 0. The Bertz CT molecular complexity index is 685. The van der Waals surface area contributed by atoms with Crippen LogP contribution in [-0.4, -0.2) is 48.9 Å². The van der Waals surface area contributed by atoms with Gasteiger partial charge in [0.2, 0.25) is 5.91 Å². The fraction of sp³-hybridized carbons (Fsp3) is 0.650. The number of carbonyl (C=O) groups is 1. The van der Waals surface area contributed by atoms with Crippen LogP contribution in [0.4, 0.5) is 13.2 Å². The van der Waals surface area contributed by atoms with Gasteiger partial charge in [-0.1, -0.05) is 24.3 Å². The van der Waals surface area contributed by atoms with Gasteiger partial charge in [0.25, 0.3) is 0 Å². The Kier molecular flexibility index (Phi) is 4.93. The maximum Gasteiger partial charge on any atom is 0.393 e. The van der Waals surface area contributed by atoms with Crippen molar-refractivity contribution in [3.63, 3.8) is 0 Å². The summed E-state index contributed by atoms with van der Waals surface area (Å²) in [5, 5.41) is 3.33. The van der Waals surface area contributed by atoms with E-state index in [4.69, 9.17) is 4.74 Å². The number of carbonyl (C=O) groups excluding carboxylic acids is 1. The van der Waals surface area contributed by atoms with Gasteiger partial charge in [-0.25, -0.2) is 0 Å². The number of rotatable bonds is 3. The van der Waals surface area contributed by atoms with Crippen LogP contribution >= 0.6 is 0 Å². The van der Waals surface area contributed by atoms with E-state index in [-0.39, 0.29) is 23.3 Å². The molecule has 1 spiro atoms. The van der Waals surface area contributed by atoms with Crippen molar-refractivity contribution >= 4 is 5.91 Å². The summed E-state index contributed by atoms with van der Waals surface area (Å²) in [6.45, 7) is 2.62. The molecule has 0 aromatic heterocycles. The SMILES string of the molecule is O=C([C@H]1C[C@]2(COCN2)C1)N1CCC(c2cccc(CC(F)(F)F)c2)CC1. The molecule has 4 rings (SSSR count). The van der Waals surface area contributed by atoms with Crippen molar-refractivity contribution in [1.82, 2.24) is 10.2 Å². The van der Waals surface area contributed by atoms with Crippen LogP contribution in [0, 0.1) is 5.92 Å². The molecule has 0 atom stereocenters. The Morgan fingerprint density at radius 3 is 2.63 bits per heavy atom. The molecule has 1 saturated carbocycles. The highest BCUT2D eigenvalue weighted by molar-refractivity contribution is 5.80. The van der Waals surface area contributed by atoms with Crippen molar-refractivity contribution in [3.05, 3.63) is 35.4 Å². The predicted octanol–water partition coefficient (Wildman–Crippen LogP) is 3.22. The predicted molar refractivity (Wildman–Crippen MR) is 94.2 cm³/mol. The van der Waals surface area contributed by atoms with E-state index in [1.807, 2.05) is 11.0 Å². The lowest BCUT2D eigenvalue weighted by molar-refractivity contribution is -0.142. The van der Waals surface area contributed by atoms with E-state index in [9.17, 15) is 18.0 Å². The highest BCUT2D eigenvalue weighted by atomic mass is 19.4. The molecule has 1 aromatic carbocycles. The lowest BCUT2D eigenvalue weighted by atomic mass is 9.68. The zero-order chi connectivity index (χ0) is 19.1. The van der Waals surface area contributed by atoms with E-state index in [2.05, 4.69) is 5.32 Å². The molecule has 0 bridgehead atoms. The van der Waals surface area contributed by atoms with Crippen LogP contribution in [0.15, 0.2) is 24.3 Å². The maximum atomic E-state index is 12.7. The summed E-state index contributed by atoms with van der Waals surface area (Å²) in [5.41, 5.74) is 1.28. The molecule has 1 amide bonds. The van der Waals surface area contributed by atoms with Crippen LogP contribution in [0.25, 0.3) is 0 Å².